The standard InChI is InChI=1S/C14H22O4.C6H4/c1(11-5-15-11)9(2-12-6-16-12)10(3-13-7-17-13)4-14-8-18-14;1-2-6-4-3-5(1)6/h9-14H,1-8H2;1-4H. The number of rotatable bonds is 9. The van der Waals surface area contributed by atoms with Crippen molar-refractivity contribution in [2.45, 2.75) is 50.1 Å². The fourth-order valence-corrected chi connectivity index (χ4v) is 3.79. The number of fused-ring (bicyclic) bond motifs is 1. The van der Waals surface area contributed by atoms with E-state index in [1.54, 1.807) is 0 Å². The molecule has 0 radical (unpaired) electrons. The van der Waals surface area contributed by atoms with E-state index >= 15 is 0 Å². The van der Waals surface area contributed by atoms with Gasteiger partial charge in [0.15, 0.2) is 0 Å². The third-order valence-corrected chi connectivity index (χ3v) is 5.76. The predicted molar refractivity (Wildman–Crippen MR) is 89.8 cm³/mol. The van der Waals surface area contributed by atoms with Crippen molar-refractivity contribution < 1.29 is 18.9 Å². The fourth-order valence-electron chi connectivity index (χ4n) is 3.79. The highest BCUT2D eigenvalue weighted by molar-refractivity contribution is 5.75. The highest BCUT2D eigenvalue weighted by Crippen LogP contribution is 2.39. The molecule has 4 unspecified atom stereocenters. The number of hydrogen-bond acceptors (Lipinski definition) is 4. The molecule has 4 heterocycles. The minimum absolute atomic E-state index is 0.525. The van der Waals surface area contributed by atoms with Gasteiger partial charge in [-0.05, 0) is 48.6 Å². The van der Waals surface area contributed by atoms with Crippen molar-refractivity contribution in [2.24, 2.45) is 11.8 Å². The molecule has 2 aliphatic carbocycles. The Bertz CT molecular complexity index is 477. The summed E-state index contributed by atoms with van der Waals surface area (Å²) < 4.78 is 21.7. The Hall–Kier alpha value is -0.940. The molecule has 0 bridgehead atoms. The molecular weight excluding hydrogens is 304 g/mol. The number of benzene rings is 1. The minimum atomic E-state index is 0.525. The Labute approximate surface area is 143 Å². The van der Waals surface area contributed by atoms with Crippen molar-refractivity contribution >= 4 is 0 Å². The van der Waals surface area contributed by atoms with Crippen LogP contribution in [-0.2, 0) is 18.9 Å². The summed E-state index contributed by atoms with van der Waals surface area (Å²) in [6.07, 6.45) is 6.95. The molecule has 0 N–H and O–H groups in total. The van der Waals surface area contributed by atoms with Gasteiger partial charge in [0.2, 0.25) is 0 Å². The topological polar surface area (TPSA) is 50.1 Å². The molecule has 6 aliphatic rings. The SMILES string of the molecule is C1OC1CC(CC1CO1)C(CC1CO1)CC1CO1.c1cc2ccc1-2. The molecular formula is C20H26O4. The van der Waals surface area contributed by atoms with Gasteiger partial charge in [0.25, 0.3) is 0 Å². The molecule has 0 saturated carbocycles. The van der Waals surface area contributed by atoms with E-state index in [-0.39, 0.29) is 0 Å². The average Bonchev–Trinajstić information content (AvgIpc) is 3.38. The zero-order valence-electron chi connectivity index (χ0n) is 14.1. The number of ether oxygens (including phenoxy) is 4. The van der Waals surface area contributed by atoms with Crippen LogP contribution in [0, 0.1) is 11.8 Å². The van der Waals surface area contributed by atoms with Crippen LogP contribution >= 0.6 is 0 Å². The van der Waals surface area contributed by atoms with Crippen molar-refractivity contribution in [3.8, 4) is 11.1 Å². The smallest absolute Gasteiger partial charge is 0.0812 e. The second-order valence-electron chi connectivity index (χ2n) is 7.86. The first-order valence-corrected chi connectivity index (χ1v) is 9.40. The molecule has 130 valence electrons. The Morgan fingerprint density at radius 3 is 0.958 bits per heavy atom. The van der Waals surface area contributed by atoms with Crippen molar-refractivity contribution in [3.05, 3.63) is 24.3 Å². The first-order valence-electron chi connectivity index (χ1n) is 9.40. The van der Waals surface area contributed by atoms with Crippen LogP contribution in [0.25, 0.3) is 11.1 Å². The molecule has 24 heavy (non-hydrogen) atoms. The molecule has 6 rings (SSSR count). The van der Waals surface area contributed by atoms with Gasteiger partial charge in [-0.3, -0.25) is 0 Å². The summed E-state index contributed by atoms with van der Waals surface area (Å²) in [5.41, 5.74) is 2.85. The maximum absolute atomic E-state index is 5.43. The van der Waals surface area contributed by atoms with E-state index in [2.05, 4.69) is 24.3 Å². The third kappa shape index (κ3) is 4.17. The van der Waals surface area contributed by atoms with Crippen LogP contribution in [-0.4, -0.2) is 50.8 Å². The molecule has 0 amide bonds. The predicted octanol–water partition coefficient (Wildman–Crippen LogP) is 3.04. The van der Waals surface area contributed by atoms with Crippen LogP contribution in [0.1, 0.15) is 25.7 Å². The second kappa shape index (κ2) is 6.41. The highest BCUT2D eigenvalue weighted by Gasteiger charge is 2.40. The lowest BCUT2D eigenvalue weighted by atomic mass is 9.79. The first-order chi connectivity index (χ1) is 11.8. The van der Waals surface area contributed by atoms with Crippen LogP contribution in [0.15, 0.2) is 24.3 Å². The van der Waals surface area contributed by atoms with E-state index in [4.69, 9.17) is 18.9 Å². The normalized spacial score (nSPS) is 35.3. The number of epoxide rings is 4. The summed E-state index contributed by atoms with van der Waals surface area (Å²) in [5.74, 6) is 1.47. The zero-order valence-corrected chi connectivity index (χ0v) is 14.1. The Morgan fingerprint density at radius 1 is 0.583 bits per heavy atom. The van der Waals surface area contributed by atoms with Crippen LogP contribution in [0.3, 0.4) is 0 Å². The van der Waals surface area contributed by atoms with E-state index in [0.717, 1.165) is 38.3 Å². The largest absolute Gasteiger partial charge is 0.373 e. The second-order valence-corrected chi connectivity index (χ2v) is 7.86. The van der Waals surface area contributed by atoms with Gasteiger partial charge >= 0.3 is 0 Å². The lowest BCUT2D eigenvalue weighted by molar-refractivity contribution is 0.190. The zero-order chi connectivity index (χ0) is 15.9. The quantitative estimate of drug-likeness (QED) is 0.663. The van der Waals surface area contributed by atoms with Gasteiger partial charge in [-0.25, -0.2) is 0 Å². The Balaban J connectivity index is 0.000000181. The van der Waals surface area contributed by atoms with Crippen molar-refractivity contribution in [1.29, 1.82) is 0 Å². The van der Waals surface area contributed by atoms with Crippen LogP contribution in [0.5, 0.6) is 0 Å². The Kier molecular flexibility index (Phi) is 4.10. The molecule has 0 spiro atoms. The van der Waals surface area contributed by atoms with E-state index in [1.165, 1.54) is 36.8 Å². The molecule has 0 aromatic rings. The summed E-state index contributed by atoms with van der Waals surface area (Å²) in [6.45, 7) is 3.87. The summed E-state index contributed by atoms with van der Waals surface area (Å²) in [6, 6.07) is 8.48. The molecule has 0 aromatic heterocycles. The van der Waals surface area contributed by atoms with Crippen molar-refractivity contribution in [2.75, 3.05) is 26.4 Å². The van der Waals surface area contributed by atoms with E-state index in [1.807, 2.05) is 0 Å². The summed E-state index contributed by atoms with van der Waals surface area (Å²) in [4.78, 5) is 0. The molecule has 4 atom stereocenters. The van der Waals surface area contributed by atoms with E-state index in [9.17, 15) is 0 Å². The van der Waals surface area contributed by atoms with Crippen LogP contribution in [0.2, 0.25) is 0 Å². The lowest BCUT2D eigenvalue weighted by Gasteiger charge is -2.25. The highest BCUT2D eigenvalue weighted by atomic mass is 16.6. The molecule has 0 aromatic carbocycles. The van der Waals surface area contributed by atoms with Gasteiger partial charge < -0.3 is 18.9 Å². The first kappa shape index (κ1) is 15.3. The molecule has 4 fully saturated rings. The molecule has 4 heteroatoms. The van der Waals surface area contributed by atoms with Gasteiger partial charge in [0, 0.05) is 0 Å². The van der Waals surface area contributed by atoms with Gasteiger partial charge in [-0.2, -0.15) is 0 Å². The monoisotopic (exact) mass is 330 g/mol. The van der Waals surface area contributed by atoms with Gasteiger partial charge in [-0.1, -0.05) is 24.3 Å². The maximum atomic E-state index is 5.43. The van der Waals surface area contributed by atoms with Crippen molar-refractivity contribution in [1.82, 2.24) is 0 Å². The summed E-state index contributed by atoms with van der Waals surface area (Å²) in [5, 5.41) is 0. The van der Waals surface area contributed by atoms with Crippen LogP contribution in [0.4, 0.5) is 0 Å². The molecule has 4 saturated heterocycles. The minimum Gasteiger partial charge on any atom is -0.373 e. The third-order valence-electron chi connectivity index (χ3n) is 5.76. The van der Waals surface area contributed by atoms with E-state index < -0.39 is 0 Å². The van der Waals surface area contributed by atoms with Gasteiger partial charge in [-0.15, -0.1) is 0 Å². The maximum Gasteiger partial charge on any atom is 0.0812 e. The lowest BCUT2D eigenvalue weighted by Crippen LogP contribution is -2.22. The summed E-state index contributed by atoms with van der Waals surface area (Å²) in [7, 11) is 0. The molecule has 4 aliphatic heterocycles. The molecule has 4 nitrogen and oxygen atoms in total. The van der Waals surface area contributed by atoms with Gasteiger partial charge in [0.1, 0.15) is 0 Å². The average molecular weight is 330 g/mol. The van der Waals surface area contributed by atoms with Gasteiger partial charge in [0.05, 0.1) is 50.8 Å². The van der Waals surface area contributed by atoms with E-state index in [0.29, 0.717) is 24.4 Å². The Morgan fingerprint density at radius 2 is 0.833 bits per heavy atom. The summed E-state index contributed by atoms with van der Waals surface area (Å²) >= 11 is 0. The van der Waals surface area contributed by atoms with Crippen molar-refractivity contribution in [3.63, 3.8) is 0 Å². The van der Waals surface area contributed by atoms with Crippen LogP contribution < -0.4 is 0 Å². The number of hydrogen-bond donors (Lipinski definition) is 0. The fraction of sp³-hybridized carbons (Fsp3) is 0.700.